The van der Waals surface area contributed by atoms with E-state index in [9.17, 15) is 13.6 Å². The SMILES string of the molecule is C=N/C(=C\C=C(/C)C(F)(F)CC)NC(=O)N1CC=C(c2ncc(-c3nc(CO)co3)cc2Cl)CC1. The topological polar surface area (TPSA) is 104 Å². The van der Waals surface area contributed by atoms with E-state index in [1.165, 1.54) is 32.3 Å². The number of pyridine rings is 1. The Balaban J connectivity index is 1.66. The van der Waals surface area contributed by atoms with E-state index in [4.69, 9.17) is 21.1 Å². The van der Waals surface area contributed by atoms with Gasteiger partial charge in [-0.25, -0.2) is 23.6 Å². The van der Waals surface area contributed by atoms with Gasteiger partial charge in [-0.05, 0) is 43.4 Å². The number of rotatable bonds is 8. The predicted octanol–water partition coefficient (Wildman–Crippen LogP) is 5.21. The van der Waals surface area contributed by atoms with E-state index in [1.807, 2.05) is 6.08 Å². The average molecular weight is 506 g/mol. The van der Waals surface area contributed by atoms with Gasteiger partial charge < -0.3 is 14.4 Å². The fourth-order valence-corrected chi connectivity index (χ4v) is 3.59. The van der Waals surface area contributed by atoms with Crippen molar-refractivity contribution in [2.45, 2.75) is 39.2 Å². The van der Waals surface area contributed by atoms with Crippen molar-refractivity contribution in [3.05, 3.63) is 64.6 Å². The largest absolute Gasteiger partial charge is 0.444 e. The lowest BCUT2D eigenvalue weighted by molar-refractivity contribution is 0.0377. The minimum atomic E-state index is -2.93. The molecule has 0 fully saturated rings. The number of hydrogen-bond acceptors (Lipinski definition) is 6. The summed E-state index contributed by atoms with van der Waals surface area (Å²) in [6, 6.07) is 1.26. The van der Waals surface area contributed by atoms with Crippen LogP contribution in [0.15, 0.2) is 57.6 Å². The molecule has 1 aliphatic rings. The molecule has 0 radical (unpaired) electrons. The molecule has 0 saturated carbocycles. The zero-order valence-electron chi connectivity index (χ0n) is 19.4. The van der Waals surface area contributed by atoms with Crippen LogP contribution in [0.5, 0.6) is 0 Å². The first-order chi connectivity index (χ1) is 16.7. The van der Waals surface area contributed by atoms with Gasteiger partial charge in [-0.15, -0.1) is 0 Å². The third kappa shape index (κ3) is 6.40. The summed E-state index contributed by atoms with van der Waals surface area (Å²) in [7, 11) is 0. The average Bonchev–Trinajstić information content (AvgIpc) is 3.35. The number of alkyl halides is 2. The molecule has 0 spiro atoms. The first-order valence-electron chi connectivity index (χ1n) is 10.9. The summed E-state index contributed by atoms with van der Waals surface area (Å²) in [5, 5.41) is 12.1. The standard InChI is InChI=1S/C24H26ClF2N5O3/c1-4-24(26,27)15(2)5-6-20(28-3)31-23(34)32-9-7-16(8-10-32)21-19(25)11-17(12-29-21)22-30-18(13-33)14-35-22/h5-7,11-12,14,33H,3-4,8-10,13H2,1-2H3,(H,31,34)/b15-5+,20-6+. The van der Waals surface area contributed by atoms with Gasteiger partial charge >= 0.3 is 6.03 Å². The van der Waals surface area contributed by atoms with Crippen molar-refractivity contribution >= 4 is 29.9 Å². The number of aliphatic imine (C=N–C) groups is 1. The smallest absolute Gasteiger partial charge is 0.323 e. The lowest BCUT2D eigenvalue weighted by atomic mass is 10.0. The molecule has 0 unspecified atom stereocenters. The Morgan fingerprint density at radius 3 is 2.80 bits per heavy atom. The van der Waals surface area contributed by atoms with Gasteiger partial charge in [0.2, 0.25) is 5.89 Å². The van der Waals surface area contributed by atoms with Gasteiger partial charge in [0.25, 0.3) is 5.92 Å². The Morgan fingerprint density at radius 2 is 2.23 bits per heavy atom. The lowest BCUT2D eigenvalue weighted by Crippen LogP contribution is -2.41. The van der Waals surface area contributed by atoms with Crippen molar-refractivity contribution < 1.29 is 23.1 Å². The molecule has 0 aliphatic carbocycles. The van der Waals surface area contributed by atoms with Crippen LogP contribution >= 0.6 is 11.6 Å². The minimum absolute atomic E-state index is 0.0761. The van der Waals surface area contributed by atoms with Crippen molar-refractivity contribution in [2.24, 2.45) is 4.99 Å². The Kier molecular flexibility index (Phi) is 8.52. The summed E-state index contributed by atoms with van der Waals surface area (Å²) in [6.45, 7) is 6.57. The van der Waals surface area contributed by atoms with E-state index < -0.39 is 12.0 Å². The van der Waals surface area contributed by atoms with Crippen LogP contribution < -0.4 is 5.32 Å². The number of nitrogens with zero attached hydrogens (tertiary/aromatic N) is 4. The van der Waals surface area contributed by atoms with Crippen LogP contribution in [0.3, 0.4) is 0 Å². The van der Waals surface area contributed by atoms with E-state index in [-0.39, 0.29) is 24.4 Å². The number of carbonyl (C=O) groups excluding carboxylic acids is 1. The summed E-state index contributed by atoms with van der Waals surface area (Å²) < 4.78 is 32.7. The van der Waals surface area contributed by atoms with E-state index in [0.29, 0.717) is 47.4 Å². The second kappa shape index (κ2) is 11.4. The van der Waals surface area contributed by atoms with Gasteiger partial charge in [0.1, 0.15) is 17.8 Å². The molecule has 0 saturated heterocycles. The fraction of sp³-hybridized carbons (Fsp3) is 0.333. The van der Waals surface area contributed by atoms with Crippen LogP contribution in [-0.4, -0.2) is 51.7 Å². The number of aliphatic hydroxyl groups is 1. The molecular weight excluding hydrogens is 480 g/mol. The molecule has 0 bridgehead atoms. The molecule has 11 heteroatoms. The van der Waals surface area contributed by atoms with Crippen LogP contribution in [0.1, 0.15) is 38.1 Å². The molecule has 3 heterocycles. The zero-order chi connectivity index (χ0) is 25.6. The quantitative estimate of drug-likeness (QED) is 0.378. The van der Waals surface area contributed by atoms with Gasteiger partial charge in [0.05, 0.1) is 22.9 Å². The summed E-state index contributed by atoms with van der Waals surface area (Å²) in [5.41, 5.74) is 2.33. The number of aromatic nitrogens is 2. The highest BCUT2D eigenvalue weighted by atomic mass is 35.5. The fourth-order valence-electron chi connectivity index (χ4n) is 3.30. The lowest BCUT2D eigenvalue weighted by Gasteiger charge is -2.26. The number of hydrogen-bond donors (Lipinski definition) is 2. The zero-order valence-corrected chi connectivity index (χ0v) is 20.1. The molecule has 35 heavy (non-hydrogen) atoms. The van der Waals surface area contributed by atoms with Gasteiger partial charge in [-0.1, -0.05) is 30.7 Å². The van der Waals surface area contributed by atoms with Gasteiger partial charge in [0, 0.05) is 25.7 Å². The molecule has 1 aliphatic heterocycles. The third-order valence-electron chi connectivity index (χ3n) is 5.52. The molecule has 186 valence electrons. The predicted molar refractivity (Wildman–Crippen MR) is 130 cm³/mol. The first kappa shape index (κ1) is 26.2. The molecule has 3 rings (SSSR count). The number of oxazole rings is 1. The maximum atomic E-state index is 13.7. The first-order valence-corrected chi connectivity index (χ1v) is 11.3. The third-order valence-corrected chi connectivity index (χ3v) is 5.81. The maximum Gasteiger partial charge on any atom is 0.323 e. The summed E-state index contributed by atoms with van der Waals surface area (Å²) in [4.78, 5) is 26.4. The molecule has 2 aromatic rings. The Hall–Kier alpha value is -3.37. The van der Waals surface area contributed by atoms with Crippen molar-refractivity contribution in [1.82, 2.24) is 20.2 Å². The molecule has 2 aromatic heterocycles. The molecule has 2 N–H and O–H groups in total. The molecule has 0 atom stereocenters. The highest BCUT2D eigenvalue weighted by Crippen LogP contribution is 2.30. The van der Waals surface area contributed by atoms with Crippen molar-refractivity contribution in [2.75, 3.05) is 13.1 Å². The second-order valence-electron chi connectivity index (χ2n) is 7.83. The highest BCUT2D eigenvalue weighted by Gasteiger charge is 2.28. The number of carbonyl (C=O) groups is 1. The number of halogens is 3. The van der Waals surface area contributed by atoms with Crippen LogP contribution in [0.25, 0.3) is 17.0 Å². The van der Waals surface area contributed by atoms with Crippen LogP contribution in [-0.2, 0) is 6.61 Å². The van der Waals surface area contributed by atoms with E-state index in [0.717, 1.165) is 5.57 Å². The van der Waals surface area contributed by atoms with Gasteiger partial charge in [-0.3, -0.25) is 10.3 Å². The van der Waals surface area contributed by atoms with Crippen molar-refractivity contribution in [3.8, 4) is 11.5 Å². The van der Waals surface area contributed by atoms with Gasteiger partial charge in [-0.2, -0.15) is 0 Å². The second-order valence-corrected chi connectivity index (χ2v) is 8.24. The molecule has 2 amide bonds. The Labute approximate surface area is 206 Å². The van der Waals surface area contributed by atoms with E-state index in [1.54, 1.807) is 17.2 Å². The molecular formula is C24H26ClF2N5O3. The van der Waals surface area contributed by atoms with Crippen molar-refractivity contribution in [1.29, 1.82) is 0 Å². The van der Waals surface area contributed by atoms with Crippen molar-refractivity contribution in [3.63, 3.8) is 0 Å². The van der Waals surface area contributed by atoms with Gasteiger partial charge in [0.15, 0.2) is 0 Å². The molecule has 8 nitrogen and oxygen atoms in total. The van der Waals surface area contributed by atoms with E-state index >= 15 is 0 Å². The minimum Gasteiger partial charge on any atom is -0.444 e. The monoisotopic (exact) mass is 505 g/mol. The Morgan fingerprint density at radius 1 is 1.46 bits per heavy atom. The summed E-state index contributed by atoms with van der Waals surface area (Å²) >= 11 is 6.44. The number of aliphatic hydroxyl groups excluding tert-OH is 1. The number of amides is 2. The number of allylic oxidation sites excluding steroid dienone is 3. The molecule has 0 aromatic carbocycles. The Bertz CT molecular complexity index is 1190. The van der Waals surface area contributed by atoms with Crippen LogP contribution in [0, 0.1) is 0 Å². The van der Waals surface area contributed by atoms with E-state index in [2.05, 4.69) is 27.0 Å². The normalized spacial score (nSPS) is 15.1. The van der Waals surface area contributed by atoms with Crippen LogP contribution in [0.4, 0.5) is 13.6 Å². The summed E-state index contributed by atoms with van der Waals surface area (Å²) in [6.07, 6.45) is 7.51. The van der Waals surface area contributed by atoms with Crippen LogP contribution in [0.2, 0.25) is 5.02 Å². The highest BCUT2D eigenvalue weighted by molar-refractivity contribution is 6.32. The number of urea groups is 1. The number of nitrogens with one attached hydrogen (secondary N) is 1. The summed E-state index contributed by atoms with van der Waals surface area (Å²) in [5.74, 6) is -2.54. The maximum absolute atomic E-state index is 13.7.